The molecular formula is C14H19N6O10P. The van der Waals surface area contributed by atoms with Gasteiger partial charge in [0.15, 0.2) is 23.2 Å². The number of phosphoric ester groups is 1. The molecule has 1 aliphatic rings. The van der Waals surface area contributed by atoms with Crippen molar-refractivity contribution >= 4 is 36.7 Å². The molecule has 0 aliphatic carbocycles. The molecule has 1 saturated heterocycles. The van der Waals surface area contributed by atoms with Gasteiger partial charge >= 0.3 is 13.8 Å². The van der Waals surface area contributed by atoms with Crippen LogP contribution in [0.15, 0.2) is 12.7 Å². The first-order valence-corrected chi connectivity index (χ1v) is 10.2. The topological polar surface area (TPSA) is 252 Å². The highest BCUT2D eigenvalue weighted by molar-refractivity contribution is 7.46. The average molecular weight is 462 g/mol. The summed E-state index contributed by atoms with van der Waals surface area (Å²) in [6.07, 6.45) is -3.95. The van der Waals surface area contributed by atoms with Crippen LogP contribution in [0.2, 0.25) is 0 Å². The number of phosphoric acid groups is 1. The van der Waals surface area contributed by atoms with Crippen LogP contribution in [-0.4, -0.2) is 87.5 Å². The first kappa shape index (κ1) is 23.1. The number of carbonyl (C=O) groups is 2. The number of nitrogens with two attached hydrogens (primary N) is 1. The third-order valence-corrected chi connectivity index (χ3v) is 4.84. The van der Waals surface area contributed by atoms with Gasteiger partial charge in [-0.05, 0) is 0 Å². The minimum Gasteiger partial charge on any atom is -0.481 e. The lowest BCUT2D eigenvalue weighted by atomic mass is 10.1. The van der Waals surface area contributed by atoms with E-state index in [2.05, 4.69) is 24.8 Å². The highest BCUT2D eigenvalue weighted by atomic mass is 31.2. The largest absolute Gasteiger partial charge is 0.481 e. The lowest BCUT2D eigenvalue weighted by molar-refractivity contribution is -0.138. The molecule has 170 valence electrons. The number of aliphatic hydroxyl groups is 2. The van der Waals surface area contributed by atoms with Crippen molar-refractivity contribution in [2.24, 2.45) is 5.73 Å². The summed E-state index contributed by atoms with van der Waals surface area (Å²) in [6.45, 7) is -0.691. The summed E-state index contributed by atoms with van der Waals surface area (Å²) in [4.78, 5) is 52.3. The summed E-state index contributed by atoms with van der Waals surface area (Å²) in [5, 5.41) is 31.5. The van der Waals surface area contributed by atoms with E-state index in [9.17, 15) is 24.4 Å². The quantitative estimate of drug-likeness (QED) is 0.197. The van der Waals surface area contributed by atoms with Gasteiger partial charge in [0.05, 0.1) is 25.4 Å². The smallest absolute Gasteiger partial charge is 0.469 e. The van der Waals surface area contributed by atoms with E-state index < -0.39 is 63.3 Å². The summed E-state index contributed by atoms with van der Waals surface area (Å²) in [5.41, 5.74) is 5.64. The predicted octanol–water partition coefficient (Wildman–Crippen LogP) is -2.70. The Hall–Kier alpha value is -2.56. The summed E-state index contributed by atoms with van der Waals surface area (Å²) < 4.78 is 21.9. The normalized spacial score (nSPS) is 24.9. The van der Waals surface area contributed by atoms with Crippen LogP contribution in [0.4, 0.5) is 5.82 Å². The molecule has 8 N–H and O–H groups in total. The number of ether oxygens (including phenoxy) is 1. The molecular weight excluding hydrogens is 443 g/mol. The van der Waals surface area contributed by atoms with Crippen molar-refractivity contribution in [3.8, 4) is 0 Å². The fraction of sp³-hybridized carbons (Fsp3) is 0.500. The summed E-state index contributed by atoms with van der Waals surface area (Å²) in [5.74, 6) is -2.16. The van der Waals surface area contributed by atoms with Gasteiger partial charge in [-0.1, -0.05) is 0 Å². The Morgan fingerprint density at radius 1 is 1.29 bits per heavy atom. The van der Waals surface area contributed by atoms with Crippen molar-refractivity contribution in [1.82, 2.24) is 19.5 Å². The maximum atomic E-state index is 12.1. The van der Waals surface area contributed by atoms with E-state index in [1.807, 2.05) is 0 Å². The maximum absolute atomic E-state index is 12.1. The number of hydrogen-bond donors (Lipinski definition) is 7. The van der Waals surface area contributed by atoms with Crippen molar-refractivity contribution in [2.75, 3.05) is 11.9 Å². The Labute approximate surface area is 172 Å². The van der Waals surface area contributed by atoms with E-state index in [1.165, 1.54) is 10.9 Å². The van der Waals surface area contributed by atoms with Crippen molar-refractivity contribution in [1.29, 1.82) is 0 Å². The van der Waals surface area contributed by atoms with E-state index in [4.69, 9.17) is 25.4 Å². The number of amides is 1. The molecule has 0 bridgehead atoms. The zero-order chi connectivity index (χ0) is 22.9. The fourth-order valence-corrected chi connectivity index (χ4v) is 3.23. The molecule has 16 nitrogen and oxygen atoms in total. The number of aromatic nitrogens is 4. The minimum absolute atomic E-state index is 0.0542. The van der Waals surface area contributed by atoms with E-state index in [0.29, 0.717) is 0 Å². The maximum Gasteiger partial charge on any atom is 0.469 e. The molecule has 3 heterocycles. The molecule has 2 aromatic heterocycles. The third kappa shape index (κ3) is 5.20. The summed E-state index contributed by atoms with van der Waals surface area (Å²) in [6, 6.07) is -1.34. The zero-order valence-corrected chi connectivity index (χ0v) is 16.4. The zero-order valence-electron chi connectivity index (χ0n) is 15.5. The van der Waals surface area contributed by atoms with Crippen LogP contribution in [-0.2, 0) is 23.4 Å². The number of carbonyl (C=O) groups excluding carboxylic acids is 1. The van der Waals surface area contributed by atoms with E-state index >= 15 is 0 Å². The Balaban J connectivity index is 1.81. The van der Waals surface area contributed by atoms with Gasteiger partial charge < -0.3 is 40.9 Å². The first-order chi connectivity index (χ1) is 14.5. The molecule has 0 saturated carbocycles. The Morgan fingerprint density at radius 2 is 2.00 bits per heavy atom. The second-order valence-electron chi connectivity index (χ2n) is 6.57. The van der Waals surface area contributed by atoms with Crippen molar-refractivity contribution in [3.05, 3.63) is 12.7 Å². The van der Waals surface area contributed by atoms with Gasteiger partial charge in [-0.25, -0.2) is 19.5 Å². The van der Waals surface area contributed by atoms with Crippen LogP contribution in [0.1, 0.15) is 12.6 Å². The summed E-state index contributed by atoms with van der Waals surface area (Å²) >= 11 is 0. The lowest BCUT2D eigenvalue weighted by Gasteiger charge is -2.16. The van der Waals surface area contributed by atoms with Gasteiger partial charge in [-0.3, -0.25) is 18.7 Å². The number of rotatable bonds is 8. The second kappa shape index (κ2) is 8.89. The molecule has 31 heavy (non-hydrogen) atoms. The SMILES string of the molecule is N[C@@H](CC(=O)O)C(=O)Nc1ncnc2c1ncn2[C@@H]1O[C@H](COP(=O)(O)O)[C@@H](O)[C@H]1O. The molecule has 17 heteroatoms. The Bertz CT molecular complexity index is 1030. The number of fused-ring (bicyclic) bond motifs is 1. The molecule has 0 unspecified atom stereocenters. The van der Waals surface area contributed by atoms with Gasteiger partial charge in [0, 0.05) is 0 Å². The minimum atomic E-state index is -4.82. The van der Waals surface area contributed by atoms with E-state index in [1.54, 1.807) is 0 Å². The number of aliphatic carboxylic acids is 1. The summed E-state index contributed by atoms with van der Waals surface area (Å²) in [7, 11) is -4.82. The highest BCUT2D eigenvalue weighted by Gasteiger charge is 2.45. The molecule has 0 aromatic carbocycles. The van der Waals surface area contributed by atoms with Gasteiger partial charge in [-0.2, -0.15) is 0 Å². The number of nitrogens with one attached hydrogen (secondary N) is 1. The molecule has 3 rings (SSSR count). The number of carboxylic acids is 1. The predicted molar refractivity (Wildman–Crippen MR) is 98.1 cm³/mol. The van der Waals surface area contributed by atoms with Gasteiger partial charge in [0.2, 0.25) is 5.91 Å². The second-order valence-corrected chi connectivity index (χ2v) is 7.81. The molecule has 1 aliphatic heterocycles. The molecule has 0 radical (unpaired) electrons. The number of carboxylic acid groups (broad SMARTS) is 1. The first-order valence-electron chi connectivity index (χ1n) is 8.65. The standard InChI is InChI=1S/C14H19N6O10P/c15-5(1-7(21)22)13(25)19-11-8-12(17-3-16-11)20(4-18-8)14-10(24)9(23)6(30-14)2-29-31(26,27)28/h3-6,9-10,14,23-24H,1-2,15H2,(H,21,22)(H2,26,27,28)(H,16,17,19,25)/t5-,6+,9+,10+,14+/m0/s1. The van der Waals surface area contributed by atoms with Crippen LogP contribution in [0.25, 0.3) is 11.2 Å². The lowest BCUT2D eigenvalue weighted by Crippen LogP contribution is -2.37. The van der Waals surface area contributed by atoms with E-state index in [-0.39, 0.29) is 17.0 Å². The number of hydrogen-bond acceptors (Lipinski definition) is 11. The molecule has 5 atom stereocenters. The van der Waals surface area contributed by atoms with Gasteiger partial charge in [-0.15, -0.1) is 0 Å². The molecule has 1 fully saturated rings. The number of aliphatic hydroxyl groups excluding tert-OH is 2. The Morgan fingerprint density at radius 3 is 2.65 bits per heavy atom. The van der Waals surface area contributed by atoms with Crippen molar-refractivity contribution in [2.45, 2.75) is 37.0 Å². The van der Waals surface area contributed by atoms with Crippen LogP contribution in [0, 0.1) is 0 Å². The fourth-order valence-electron chi connectivity index (χ4n) is 2.89. The number of imidazole rings is 1. The van der Waals surface area contributed by atoms with Crippen LogP contribution >= 0.6 is 7.82 Å². The number of nitrogens with zero attached hydrogens (tertiary/aromatic N) is 4. The highest BCUT2D eigenvalue weighted by Crippen LogP contribution is 2.38. The van der Waals surface area contributed by atoms with Crippen LogP contribution in [0.3, 0.4) is 0 Å². The molecule has 2 aromatic rings. The molecule has 1 amide bonds. The van der Waals surface area contributed by atoms with Crippen molar-refractivity contribution < 1.29 is 48.5 Å². The monoisotopic (exact) mass is 462 g/mol. The average Bonchev–Trinajstić information content (AvgIpc) is 3.21. The van der Waals surface area contributed by atoms with E-state index in [0.717, 1.165) is 6.33 Å². The van der Waals surface area contributed by atoms with Gasteiger partial charge in [0.25, 0.3) is 0 Å². The third-order valence-electron chi connectivity index (χ3n) is 4.35. The Kier molecular flexibility index (Phi) is 6.63. The van der Waals surface area contributed by atoms with Gasteiger partial charge in [0.1, 0.15) is 24.6 Å². The van der Waals surface area contributed by atoms with Crippen molar-refractivity contribution in [3.63, 3.8) is 0 Å². The van der Waals surface area contributed by atoms with Crippen LogP contribution in [0.5, 0.6) is 0 Å². The number of anilines is 1. The van der Waals surface area contributed by atoms with Crippen LogP contribution < -0.4 is 11.1 Å². The molecule has 0 spiro atoms.